The van der Waals surface area contributed by atoms with Gasteiger partial charge in [0, 0.05) is 17.8 Å². The van der Waals surface area contributed by atoms with E-state index in [1.54, 1.807) is 49.4 Å². The zero-order valence-corrected chi connectivity index (χ0v) is 17.3. The van der Waals surface area contributed by atoms with Crippen molar-refractivity contribution in [2.24, 2.45) is 0 Å². The van der Waals surface area contributed by atoms with Crippen LogP contribution in [-0.4, -0.2) is 39.2 Å². The predicted molar refractivity (Wildman–Crippen MR) is 112 cm³/mol. The largest absolute Gasteiger partial charge is 0.462 e. The number of sulfonamides is 1. The summed E-state index contributed by atoms with van der Waals surface area (Å²) in [5.41, 5.74) is 2.63. The summed E-state index contributed by atoms with van der Waals surface area (Å²) in [7, 11) is -3.29. The molecule has 1 saturated heterocycles. The zero-order chi connectivity index (χ0) is 21.0. The minimum Gasteiger partial charge on any atom is -0.462 e. The summed E-state index contributed by atoms with van der Waals surface area (Å²) in [6, 6.07) is 11.4. The molecule has 1 amide bonds. The van der Waals surface area contributed by atoms with Crippen LogP contribution >= 0.6 is 0 Å². The third-order valence-electron chi connectivity index (χ3n) is 4.76. The number of rotatable bonds is 5. The molecule has 3 rings (SSSR count). The molecule has 0 spiro atoms. The molecule has 1 aliphatic heterocycles. The molecule has 1 N–H and O–H groups in total. The van der Waals surface area contributed by atoms with Crippen LogP contribution in [0.15, 0.2) is 42.5 Å². The zero-order valence-electron chi connectivity index (χ0n) is 16.5. The number of anilines is 2. The molecule has 1 heterocycles. The van der Waals surface area contributed by atoms with E-state index in [1.807, 2.05) is 6.92 Å². The number of benzene rings is 2. The molecule has 0 saturated carbocycles. The van der Waals surface area contributed by atoms with Gasteiger partial charge in [-0.15, -0.1) is 0 Å². The number of carbonyl (C=O) groups excluding carboxylic acids is 2. The second-order valence-electron chi connectivity index (χ2n) is 6.85. The van der Waals surface area contributed by atoms with Crippen LogP contribution < -0.4 is 9.62 Å². The van der Waals surface area contributed by atoms with E-state index in [0.717, 1.165) is 12.0 Å². The number of amides is 1. The highest BCUT2D eigenvalue weighted by Crippen LogP contribution is 2.24. The van der Waals surface area contributed by atoms with E-state index in [9.17, 15) is 18.0 Å². The van der Waals surface area contributed by atoms with Crippen molar-refractivity contribution >= 4 is 33.3 Å². The summed E-state index contributed by atoms with van der Waals surface area (Å²) < 4.78 is 30.8. The van der Waals surface area contributed by atoms with Gasteiger partial charge in [0.05, 0.1) is 23.6 Å². The van der Waals surface area contributed by atoms with Gasteiger partial charge in [-0.3, -0.25) is 9.10 Å². The number of ether oxygens (including phenoxy) is 1. The fourth-order valence-electron chi connectivity index (χ4n) is 3.15. The molecule has 0 aliphatic carbocycles. The Morgan fingerprint density at radius 2 is 1.76 bits per heavy atom. The summed E-state index contributed by atoms with van der Waals surface area (Å²) in [5.74, 6) is -0.650. The number of nitrogens with one attached hydrogen (secondary N) is 1. The standard InChI is InChI=1S/C21H24N2O5S/c1-3-28-21(25)17-7-6-15(2)19(14-17)22-20(24)16-8-10-18(11-9-16)23-12-4-5-13-29(23,26)27/h6-11,14H,3-5,12-13H2,1-2H3,(H,22,24). The average Bonchev–Trinajstić information content (AvgIpc) is 2.69. The van der Waals surface area contributed by atoms with Gasteiger partial charge in [0.25, 0.3) is 5.91 Å². The summed E-state index contributed by atoms with van der Waals surface area (Å²) in [5, 5.41) is 2.80. The SMILES string of the molecule is CCOC(=O)c1ccc(C)c(NC(=O)c2ccc(N3CCCCS3(=O)=O)cc2)c1. The van der Waals surface area contributed by atoms with Crippen LogP contribution in [0.4, 0.5) is 11.4 Å². The minimum absolute atomic E-state index is 0.144. The van der Waals surface area contributed by atoms with Crippen LogP contribution in [0.1, 0.15) is 46.0 Å². The van der Waals surface area contributed by atoms with Crippen LogP contribution in [0.3, 0.4) is 0 Å². The predicted octanol–water partition coefficient (Wildman–Crippen LogP) is 3.35. The second kappa shape index (κ2) is 8.65. The number of hydrogen-bond donors (Lipinski definition) is 1. The third kappa shape index (κ3) is 4.76. The Morgan fingerprint density at radius 1 is 1.07 bits per heavy atom. The van der Waals surface area contributed by atoms with Crippen LogP contribution in [0, 0.1) is 6.92 Å². The summed E-state index contributed by atoms with van der Waals surface area (Å²) >= 11 is 0. The van der Waals surface area contributed by atoms with Crippen molar-refractivity contribution in [2.75, 3.05) is 28.5 Å². The monoisotopic (exact) mass is 416 g/mol. The first-order valence-corrected chi connectivity index (χ1v) is 11.1. The molecule has 2 aromatic rings. The maximum Gasteiger partial charge on any atom is 0.338 e. The first-order chi connectivity index (χ1) is 13.8. The lowest BCUT2D eigenvalue weighted by molar-refractivity contribution is 0.0526. The summed E-state index contributed by atoms with van der Waals surface area (Å²) in [6.07, 6.45) is 1.49. The quantitative estimate of drug-likeness (QED) is 0.755. The number of carbonyl (C=O) groups is 2. The first kappa shape index (κ1) is 20.9. The van der Waals surface area contributed by atoms with Crippen LogP contribution in [0.5, 0.6) is 0 Å². The molecule has 1 fully saturated rings. The van der Waals surface area contributed by atoms with Gasteiger partial charge in [-0.2, -0.15) is 0 Å². The number of aryl methyl sites for hydroxylation is 1. The van der Waals surface area contributed by atoms with E-state index < -0.39 is 16.0 Å². The number of hydrogen-bond acceptors (Lipinski definition) is 5. The van der Waals surface area contributed by atoms with Gasteiger partial charge in [-0.1, -0.05) is 6.07 Å². The molecule has 0 radical (unpaired) electrons. The number of nitrogens with zero attached hydrogens (tertiary/aromatic N) is 1. The van der Waals surface area contributed by atoms with Gasteiger partial charge in [-0.25, -0.2) is 13.2 Å². The molecular formula is C21H24N2O5S. The molecule has 0 unspecified atom stereocenters. The Kier molecular flexibility index (Phi) is 6.22. The van der Waals surface area contributed by atoms with Gasteiger partial charge in [0.1, 0.15) is 0 Å². The van der Waals surface area contributed by atoms with Gasteiger partial charge < -0.3 is 10.1 Å². The van der Waals surface area contributed by atoms with E-state index in [2.05, 4.69) is 5.32 Å². The topological polar surface area (TPSA) is 92.8 Å². The summed E-state index contributed by atoms with van der Waals surface area (Å²) in [6.45, 7) is 4.28. The Labute approximate surface area is 170 Å². The van der Waals surface area contributed by atoms with Gasteiger partial charge in [0.15, 0.2) is 0 Å². The highest BCUT2D eigenvalue weighted by atomic mass is 32.2. The fraction of sp³-hybridized carbons (Fsp3) is 0.333. The lowest BCUT2D eigenvalue weighted by atomic mass is 10.1. The maximum absolute atomic E-state index is 12.6. The smallest absolute Gasteiger partial charge is 0.338 e. The van der Waals surface area contributed by atoms with Crippen molar-refractivity contribution in [3.8, 4) is 0 Å². The van der Waals surface area contributed by atoms with E-state index in [4.69, 9.17) is 4.74 Å². The lowest BCUT2D eigenvalue weighted by Gasteiger charge is -2.28. The Bertz CT molecular complexity index is 1020. The Hall–Kier alpha value is -2.87. The highest BCUT2D eigenvalue weighted by molar-refractivity contribution is 7.92. The molecule has 7 nitrogen and oxygen atoms in total. The van der Waals surface area contributed by atoms with E-state index >= 15 is 0 Å². The fourth-order valence-corrected chi connectivity index (χ4v) is 4.79. The van der Waals surface area contributed by atoms with Crippen LogP contribution in [0.2, 0.25) is 0 Å². The molecule has 8 heteroatoms. The van der Waals surface area contributed by atoms with Crippen molar-refractivity contribution in [3.63, 3.8) is 0 Å². The summed E-state index contributed by atoms with van der Waals surface area (Å²) in [4.78, 5) is 24.5. The van der Waals surface area contributed by atoms with Crippen molar-refractivity contribution in [2.45, 2.75) is 26.7 Å². The van der Waals surface area contributed by atoms with Gasteiger partial charge >= 0.3 is 5.97 Å². The van der Waals surface area contributed by atoms with E-state index in [-0.39, 0.29) is 18.3 Å². The molecule has 29 heavy (non-hydrogen) atoms. The molecule has 0 atom stereocenters. The normalized spacial score (nSPS) is 15.6. The third-order valence-corrected chi connectivity index (χ3v) is 6.63. The molecular weight excluding hydrogens is 392 g/mol. The van der Waals surface area contributed by atoms with E-state index in [1.165, 1.54) is 4.31 Å². The molecule has 2 aromatic carbocycles. The minimum atomic E-state index is -3.29. The Balaban J connectivity index is 1.76. The lowest BCUT2D eigenvalue weighted by Crippen LogP contribution is -2.37. The molecule has 154 valence electrons. The second-order valence-corrected chi connectivity index (χ2v) is 8.86. The highest BCUT2D eigenvalue weighted by Gasteiger charge is 2.26. The van der Waals surface area contributed by atoms with Gasteiger partial charge in [0.2, 0.25) is 10.0 Å². The van der Waals surface area contributed by atoms with Crippen molar-refractivity contribution in [1.29, 1.82) is 0 Å². The van der Waals surface area contributed by atoms with Crippen molar-refractivity contribution in [3.05, 3.63) is 59.2 Å². The molecule has 0 bridgehead atoms. The maximum atomic E-state index is 12.6. The average molecular weight is 416 g/mol. The first-order valence-electron chi connectivity index (χ1n) is 9.51. The molecule has 0 aromatic heterocycles. The van der Waals surface area contributed by atoms with Crippen molar-refractivity contribution < 1.29 is 22.7 Å². The van der Waals surface area contributed by atoms with Crippen molar-refractivity contribution in [1.82, 2.24) is 0 Å². The van der Waals surface area contributed by atoms with Crippen LogP contribution in [0.25, 0.3) is 0 Å². The van der Waals surface area contributed by atoms with Gasteiger partial charge in [-0.05, 0) is 68.7 Å². The number of esters is 1. The van der Waals surface area contributed by atoms with Crippen LogP contribution in [-0.2, 0) is 14.8 Å². The molecule has 1 aliphatic rings. The van der Waals surface area contributed by atoms with E-state index in [0.29, 0.717) is 35.5 Å². The Morgan fingerprint density at radius 3 is 2.41 bits per heavy atom.